The molecule has 1 amide bonds. The van der Waals surface area contributed by atoms with Gasteiger partial charge in [-0.15, -0.1) is 0 Å². The summed E-state index contributed by atoms with van der Waals surface area (Å²) < 4.78 is 18.5. The van der Waals surface area contributed by atoms with Crippen molar-refractivity contribution in [3.8, 4) is 11.5 Å². The molecule has 9 heteroatoms. The largest absolute Gasteiger partial charge is 0.444 e. The summed E-state index contributed by atoms with van der Waals surface area (Å²) in [4.78, 5) is 19.0. The molecule has 170 valence electrons. The second-order valence-corrected chi connectivity index (χ2v) is 9.76. The van der Waals surface area contributed by atoms with Gasteiger partial charge in [0.25, 0.3) is 5.89 Å². The first-order valence-electron chi connectivity index (χ1n) is 11.2. The standard InChI is InChI=1S/C23H29N5O4/c1-14-9-15(7-8-27(14)22(29)31-23(2,3)4)20-25-21(32-26-20)16-5-6-17-11-24-28(19(17)10-16)18-12-30-13-18/h5-6,10-11,14-15,18H,7-9,12-13H2,1-4H3/t14-,15+/m0/s1. The third-order valence-electron chi connectivity index (χ3n) is 6.12. The summed E-state index contributed by atoms with van der Waals surface area (Å²) in [6, 6.07) is 6.37. The molecule has 3 aromatic rings. The van der Waals surface area contributed by atoms with Crippen LogP contribution in [-0.2, 0) is 9.47 Å². The van der Waals surface area contributed by atoms with Crippen LogP contribution in [0.25, 0.3) is 22.4 Å². The molecule has 0 bridgehead atoms. The molecule has 4 heterocycles. The SMILES string of the molecule is C[C@H]1C[C@H](c2noc(-c3ccc4cnn(C5COC5)c4c3)n2)CCN1C(=O)OC(C)(C)C. The minimum Gasteiger partial charge on any atom is -0.444 e. The number of ether oxygens (including phenoxy) is 2. The average Bonchev–Trinajstić information content (AvgIpc) is 3.33. The number of aromatic nitrogens is 4. The molecule has 2 atom stereocenters. The topological polar surface area (TPSA) is 95.5 Å². The molecule has 2 aliphatic rings. The van der Waals surface area contributed by atoms with Crippen LogP contribution < -0.4 is 0 Å². The summed E-state index contributed by atoms with van der Waals surface area (Å²) in [7, 11) is 0. The Morgan fingerprint density at radius 3 is 2.75 bits per heavy atom. The number of rotatable bonds is 3. The molecule has 0 radical (unpaired) electrons. The van der Waals surface area contributed by atoms with Crippen molar-refractivity contribution < 1.29 is 18.8 Å². The van der Waals surface area contributed by atoms with E-state index in [2.05, 4.69) is 10.3 Å². The van der Waals surface area contributed by atoms with Gasteiger partial charge in [0.05, 0.1) is 31.0 Å². The second kappa shape index (κ2) is 7.88. The lowest BCUT2D eigenvalue weighted by atomic mass is 9.91. The number of piperidine rings is 1. The lowest BCUT2D eigenvalue weighted by Gasteiger charge is -2.37. The molecular formula is C23H29N5O4. The van der Waals surface area contributed by atoms with E-state index in [1.165, 1.54) is 0 Å². The summed E-state index contributed by atoms with van der Waals surface area (Å²) in [5.74, 6) is 1.33. The predicted molar refractivity (Wildman–Crippen MR) is 117 cm³/mol. The van der Waals surface area contributed by atoms with Gasteiger partial charge in [0.15, 0.2) is 5.82 Å². The highest BCUT2D eigenvalue weighted by atomic mass is 16.6. The van der Waals surface area contributed by atoms with E-state index >= 15 is 0 Å². The van der Waals surface area contributed by atoms with E-state index in [4.69, 9.17) is 19.0 Å². The van der Waals surface area contributed by atoms with Crippen LogP contribution in [0.2, 0.25) is 0 Å². The Morgan fingerprint density at radius 1 is 1.25 bits per heavy atom. The van der Waals surface area contributed by atoms with Crippen molar-refractivity contribution in [3.63, 3.8) is 0 Å². The normalized spacial score (nSPS) is 22.2. The zero-order chi connectivity index (χ0) is 22.5. The number of benzene rings is 1. The highest BCUT2D eigenvalue weighted by molar-refractivity contribution is 5.83. The Balaban J connectivity index is 1.31. The van der Waals surface area contributed by atoms with Gasteiger partial charge in [-0.25, -0.2) is 4.79 Å². The van der Waals surface area contributed by atoms with E-state index < -0.39 is 5.60 Å². The molecule has 2 aliphatic heterocycles. The van der Waals surface area contributed by atoms with Crippen LogP contribution in [0, 0.1) is 0 Å². The number of hydrogen-bond acceptors (Lipinski definition) is 7. The molecule has 2 fully saturated rings. The fraction of sp³-hybridized carbons (Fsp3) is 0.565. The van der Waals surface area contributed by atoms with Crippen LogP contribution in [0.1, 0.15) is 58.3 Å². The molecule has 0 spiro atoms. The van der Waals surface area contributed by atoms with Gasteiger partial charge in [-0.05, 0) is 52.7 Å². The Morgan fingerprint density at radius 2 is 2.06 bits per heavy atom. The van der Waals surface area contributed by atoms with Crippen LogP contribution >= 0.6 is 0 Å². The molecule has 1 aromatic carbocycles. The number of hydrogen-bond donors (Lipinski definition) is 0. The molecule has 0 saturated carbocycles. The van der Waals surface area contributed by atoms with Crippen LogP contribution in [0.15, 0.2) is 28.9 Å². The summed E-state index contributed by atoms with van der Waals surface area (Å²) in [5, 5.41) is 9.85. The maximum atomic E-state index is 12.5. The molecule has 0 unspecified atom stereocenters. The molecule has 5 rings (SSSR count). The van der Waals surface area contributed by atoms with E-state index in [0.717, 1.165) is 29.3 Å². The summed E-state index contributed by atoms with van der Waals surface area (Å²) in [6.45, 7) is 9.67. The van der Waals surface area contributed by atoms with Crippen LogP contribution in [0.3, 0.4) is 0 Å². The van der Waals surface area contributed by atoms with E-state index in [1.54, 1.807) is 4.90 Å². The molecule has 2 saturated heterocycles. The first-order valence-corrected chi connectivity index (χ1v) is 11.2. The highest BCUT2D eigenvalue weighted by Crippen LogP contribution is 2.33. The Bertz CT molecular complexity index is 1130. The maximum absolute atomic E-state index is 12.5. The fourth-order valence-corrected chi connectivity index (χ4v) is 4.34. The van der Waals surface area contributed by atoms with Crippen molar-refractivity contribution in [3.05, 3.63) is 30.2 Å². The number of likely N-dealkylation sites (tertiary alicyclic amines) is 1. The molecule has 0 aliphatic carbocycles. The molecule has 32 heavy (non-hydrogen) atoms. The molecule has 2 aromatic heterocycles. The van der Waals surface area contributed by atoms with Gasteiger partial charge in [0.1, 0.15) is 5.60 Å². The summed E-state index contributed by atoms with van der Waals surface area (Å²) >= 11 is 0. The first-order chi connectivity index (χ1) is 15.3. The monoisotopic (exact) mass is 439 g/mol. The third-order valence-corrected chi connectivity index (χ3v) is 6.12. The molecule has 9 nitrogen and oxygen atoms in total. The minimum absolute atomic E-state index is 0.0425. The molecular weight excluding hydrogens is 410 g/mol. The lowest BCUT2D eigenvalue weighted by molar-refractivity contribution is -0.0266. The van der Waals surface area contributed by atoms with E-state index in [-0.39, 0.29) is 24.1 Å². The predicted octanol–water partition coefficient (Wildman–Crippen LogP) is 4.16. The average molecular weight is 440 g/mol. The lowest BCUT2D eigenvalue weighted by Crippen LogP contribution is -2.46. The fourth-order valence-electron chi connectivity index (χ4n) is 4.34. The second-order valence-electron chi connectivity index (χ2n) is 9.76. The quantitative estimate of drug-likeness (QED) is 0.605. The van der Waals surface area contributed by atoms with Crippen LogP contribution in [-0.4, -0.2) is 62.3 Å². The van der Waals surface area contributed by atoms with E-state index in [1.807, 2.05) is 56.8 Å². The summed E-state index contributed by atoms with van der Waals surface area (Å²) in [5.41, 5.74) is 1.41. The number of fused-ring (bicyclic) bond motifs is 1. The highest BCUT2D eigenvalue weighted by Gasteiger charge is 2.34. The Kier molecular flexibility index (Phi) is 5.16. The number of carbonyl (C=O) groups is 1. The molecule has 0 N–H and O–H groups in total. The van der Waals surface area contributed by atoms with E-state index in [0.29, 0.717) is 31.5 Å². The Hall–Kier alpha value is -2.94. The number of amides is 1. The Labute approximate surface area is 186 Å². The van der Waals surface area contributed by atoms with E-state index in [9.17, 15) is 4.79 Å². The van der Waals surface area contributed by atoms with Crippen LogP contribution in [0.5, 0.6) is 0 Å². The van der Waals surface area contributed by atoms with Gasteiger partial charge >= 0.3 is 6.09 Å². The van der Waals surface area contributed by atoms with Crippen molar-refractivity contribution in [2.24, 2.45) is 0 Å². The van der Waals surface area contributed by atoms with Crippen LogP contribution in [0.4, 0.5) is 4.79 Å². The summed E-state index contributed by atoms with van der Waals surface area (Å²) in [6.07, 6.45) is 3.15. The van der Waals surface area contributed by atoms with Gasteiger partial charge in [-0.3, -0.25) is 4.68 Å². The zero-order valence-corrected chi connectivity index (χ0v) is 18.9. The third kappa shape index (κ3) is 3.97. The number of nitrogens with zero attached hydrogens (tertiary/aromatic N) is 5. The smallest absolute Gasteiger partial charge is 0.410 e. The van der Waals surface area contributed by atoms with Crippen molar-refractivity contribution >= 4 is 17.0 Å². The minimum atomic E-state index is -0.502. The van der Waals surface area contributed by atoms with Crippen molar-refractivity contribution in [2.75, 3.05) is 19.8 Å². The maximum Gasteiger partial charge on any atom is 0.410 e. The van der Waals surface area contributed by atoms with Gasteiger partial charge < -0.3 is 18.9 Å². The van der Waals surface area contributed by atoms with Gasteiger partial charge in [-0.2, -0.15) is 10.1 Å². The number of carbonyl (C=O) groups excluding carboxylic acids is 1. The zero-order valence-electron chi connectivity index (χ0n) is 18.9. The van der Waals surface area contributed by atoms with Gasteiger partial charge in [0.2, 0.25) is 0 Å². The van der Waals surface area contributed by atoms with Crippen molar-refractivity contribution in [1.29, 1.82) is 0 Å². The van der Waals surface area contributed by atoms with Crippen molar-refractivity contribution in [1.82, 2.24) is 24.8 Å². The van der Waals surface area contributed by atoms with Gasteiger partial charge in [0, 0.05) is 29.5 Å². The first kappa shape index (κ1) is 20.9. The van der Waals surface area contributed by atoms with Crippen molar-refractivity contribution in [2.45, 2.75) is 64.1 Å². The van der Waals surface area contributed by atoms with Gasteiger partial charge in [-0.1, -0.05) is 11.2 Å².